The van der Waals surface area contributed by atoms with Crippen LogP contribution in [0, 0.1) is 0 Å². The van der Waals surface area contributed by atoms with E-state index in [9.17, 15) is 9.59 Å². The van der Waals surface area contributed by atoms with Gasteiger partial charge in [-0.15, -0.1) is 0 Å². The van der Waals surface area contributed by atoms with Crippen molar-refractivity contribution in [1.82, 2.24) is 0 Å². The van der Waals surface area contributed by atoms with Crippen LogP contribution in [0.15, 0.2) is 18.2 Å². The van der Waals surface area contributed by atoms with Gasteiger partial charge in [-0.25, -0.2) is 9.59 Å². The van der Waals surface area contributed by atoms with Gasteiger partial charge in [0.25, 0.3) is 0 Å². The minimum absolute atomic E-state index is 0.00177. The average molecular weight is 206 g/mol. The molecule has 1 unspecified atom stereocenters. The molecule has 0 aromatic heterocycles. The average Bonchev–Trinajstić information content (AvgIpc) is 2.53. The van der Waals surface area contributed by atoms with E-state index >= 15 is 0 Å². The van der Waals surface area contributed by atoms with E-state index in [1.54, 1.807) is 18.2 Å². The van der Waals surface area contributed by atoms with Gasteiger partial charge >= 0.3 is 11.9 Å². The topological polar surface area (TPSA) is 63.6 Å². The van der Waals surface area contributed by atoms with Crippen molar-refractivity contribution in [2.45, 2.75) is 12.8 Å². The third-order valence-electron chi connectivity index (χ3n) is 2.51. The number of fused-ring (bicyclic) bond motifs is 1. The van der Waals surface area contributed by atoms with Crippen LogP contribution in [0.5, 0.6) is 0 Å². The Kier molecular flexibility index (Phi) is 2.28. The van der Waals surface area contributed by atoms with Crippen molar-refractivity contribution in [3.63, 3.8) is 0 Å². The molecule has 1 N–H and O–H groups in total. The Morgan fingerprint density at radius 2 is 1.93 bits per heavy atom. The van der Waals surface area contributed by atoms with Crippen LogP contribution < -0.4 is 0 Å². The molecule has 1 aromatic rings. The lowest BCUT2D eigenvalue weighted by Gasteiger charge is -2.07. The molecular formula is C11H10O4. The predicted molar refractivity (Wildman–Crippen MR) is 51.7 cm³/mol. The number of carbonyl (C=O) groups excluding carboxylic acids is 2. The fourth-order valence-corrected chi connectivity index (χ4v) is 1.51. The van der Waals surface area contributed by atoms with E-state index < -0.39 is 11.9 Å². The number of rotatable bonds is 2. The Labute approximate surface area is 86.5 Å². The molecule has 1 atom stereocenters. The molecule has 78 valence electrons. The summed E-state index contributed by atoms with van der Waals surface area (Å²) < 4.78 is 4.46. The van der Waals surface area contributed by atoms with Crippen LogP contribution in [0.4, 0.5) is 0 Å². The van der Waals surface area contributed by atoms with Crippen LogP contribution >= 0.6 is 0 Å². The smallest absolute Gasteiger partial charge is 0.346 e. The number of hydrogen-bond donors (Lipinski definition) is 1. The van der Waals surface area contributed by atoms with E-state index in [1.165, 1.54) is 0 Å². The second kappa shape index (κ2) is 3.47. The Balaban J connectivity index is 2.47. The molecule has 1 aliphatic rings. The van der Waals surface area contributed by atoms with Crippen molar-refractivity contribution in [3.05, 3.63) is 34.9 Å². The number of carbonyl (C=O) groups is 2. The van der Waals surface area contributed by atoms with Gasteiger partial charge in [-0.05, 0) is 17.7 Å². The molecule has 0 fully saturated rings. The molecule has 1 aliphatic heterocycles. The van der Waals surface area contributed by atoms with E-state index in [1.807, 2.05) is 6.92 Å². The van der Waals surface area contributed by atoms with E-state index in [0.717, 1.165) is 5.56 Å². The largest absolute Gasteiger partial charge is 0.396 e. The maximum atomic E-state index is 11.2. The van der Waals surface area contributed by atoms with Gasteiger partial charge in [0.05, 0.1) is 11.1 Å². The maximum absolute atomic E-state index is 11.2. The lowest BCUT2D eigenvalue weighted by atomic mass is 9.97. The van der Waals surface area contributed by atoms with Gasteiger partial charge in [0, 0.05) is 12.5 Å². The highest BCUT2D eigenvalue weighted by molar-refractivity contribution is 6.14. The Morgan fingerprint density at radius 3 is 2.60 bits per heavy atom. The van der Waals surface area contributed by atoms with Crippen molar-refractivity contribution >= 4 is 11.9 Å². The quantitative estimate of drug-likeness (QED) is 0.581. The molecular weight excluding hydrogens is 196 g/mol. The van der Waals surface area contributed by atoms with Crippen molar-refractivity contribution in [2.75, 3.05) is 6.61 Å². The number of aliphatic hydroxyl groups is 1. The maximum Gasteiger partial charge on any atom is 0.346 e. The Bertz CT molecular complexity index is 436. The molecule has 0 aliphatic carbocycles. The lowest BCUT2D eigenvalue weighted by molar-refractivity contribution is 0.0443. The summed E-state index contributed by atoms with van der Waals surface area (Å²) in [6.07, 6.45) is 0. The first-order valence-corrected chi connectivity index (χ1v) is 4.65. The van der Waals surface area contributed by atoms with E-state index in [4.69, 9.17) is 5.11 Å². The SMILES string of the molecule is CC(CO)c1ccc2c(c1)C(=O)OC2=O. The fraction of sp³-hybridized carbons (Fsp3) is 0.273. The molecule has 1 heterocycles. The van der Waals surface area contributed by atoms with Crippen LogP contribution in [-0.2, 0) is 4.74 Å². The standard InChI is InChI=1S/C11H10O4/c1-6(5-12)7-2-3-8-9(4-7)11(14)15-10(8)13/h2-4,6,12H,5H2,1H3. The minimum atomic E-state index is -0.609. The minimum Gasteiger partial charge on any atom is -0.396 e. The molecule has 0 spiro atoms. The summed E-state index contributed by atoms with van der Waals surface area (Å²) in [5, 5.41) is 8.97. The van der Waals surface area contributed by atoms with E-state index in [-0.39, 0.29) is 18.1 Å². The molecule has 0 radical (unpaired) electrons. The first kappa shape index (κ1) is 9.86. The van der Waals surface area contributed by atoms with Crippen LogP contribution in [0.25, 0.3) is 0 Å². The van der Waals surface area contributed by atoms with Gasteiger partial charge in [0.1, 0.15) is 0 Å². The van der Waals surface area contributed by atoms with Gasteiger partial charge < -0.3 is 9.84 Å². The summed E-state index contributed by atoms with van der Waals surface area (Å²) in [5.41, 5.74) is 1.41. The number of benzene rings is 1. The summed E-state index contributed by atoms with van der Waals surface area (Å²) in [4.78, 5) is 22.4. The Morgan fingerprint density at radius 1 is 1.27 bits per heavy atom. The summed E-state index contributed by atoms with van der Waals surface area (Å²) in [6.45, 7) is 1.84. The number of aliphatic hydroxyl groups excluding tert-OH is 1. The zero-order chi connectivity index (χ0) is 11.0. The summed E-state index contributed by atoms with van der Waals surface area (Å²) in [6, 6.07) is 4.88. The van der Waals surface area contributed by atoms with Gasteiger partial charge in [-0.2, -0.15) is 0 Å². The van der Waals surface area contributed by atoms with Crippen LogP contribution in [0.3, 0.4) is 0 Å². The van der Waals surface area contributed by atoms with E-state index in [0.29, 0.717) is 5.56 Å². The monoisotopic (exact) mass is 206 g/mol. The molecule has 1 aromatic carbocycles. The fourth-order valence-electron chi connectivity index (χ4n) is 1.51. The highest BCUT2D eigenvalue weighted by atomic mass is 16.6. The number of cyclic esters (lactones) is 2. The van der Waals surface area contributed by atoms with Crippen LogP contribution in [0.1, 0.15) is 39.1 Å². The lowest BCUT2D eigenvalue weighted by Crippen LogP contribution is -2.01. The van der Waals surface area contributed by atoms with E-state index in [2.05, 4.69) is 4.74 Å². The normalized spacial score (nSPS) is 16.1. The summed E-state index contributed by atoms with van der Waals surface area (Å²) in [5.74, 6) is -1.26. The third kappa shape index (κ3) is 1.53. The second-order valence-electron chi connectivity index (χ2n) is 3.57. The molecule has 15 heavy (non-hydrogen) atoms. The predicted octanol–water partition coefficient (Wildman–Crippen LogP) is 1.09. The third-order valence-corrected chi connectivity index (χ3v) is 2.51. The molecule has 0 amide bonds. The highest BCUT2D eigenvalue weighted by Crippen LogP contribution is 2.24. The van der Waals surface area contributed by atoms with Crippen LogP contribution in [0.2, 0.25) is 0 Å². The van der Waals surface area contributed by atoms with Crippen molar-refractivity contribution in [1.29, 1.82) is 0 Å². The molecule has 0 saturated carbocycles. The van der Waals surface area contributed by atoms with Crippen molar-refractivity contribution in [2.24, 2.45) is 0 Å². The molecule has 2 rings (SSSR count). The van der Waals surface area contributed by atoms with Gasteiger partial charge in [-0.3, -0.25) is 0 Å². The Hall–Kier alpha value is -1.68. The summed E-state index contributed by atoms with van der Waals surface area (Å²) in [7, 11) is 0. The zero-order valence-corrected chi connectivity index (χ0v) is 8.19. The van der Waals surface area contributed by atoms with Crippen LogP contribution in [-0.4, -0.2) is 23.7 Å². The molecule has 0 saturated heterocycles. The number of ether oxygens (including phenoxy) is 1. The molecule has 4 nitrogen and oxygen atoms in total. The number of hydrogen-bond acceptors (Lipinski definition) is 4. The summed E-state index contributed by atoms with van der Waals surface area (Å²) >= 11 is 0. The highest BCUT2D eigenvalue weighted by Gasteiger charge is 2.29. The van der Waals surface area contributed by atoms with Crippen molar-refractivity contribution < 1.29 is 19.4 Å². The van der Waals surface area contributed by atoms with Gasteiger partial charge in [0.15, 0.2) is 0 Å². The number of esters is 2. The molecule has 4 heteroatoms. The zero-order valence-electron chi connectivity index (χ0n) is 8.19. The second-order valence-corrected chi connectivity index (χ2v) is 3.57. The van der Waals surface area contributed by atoms with Crippen molar-refractivity contribution in [3.8, 4) is 0 Å². The molecule has 0 bridgehead atoms. The van der Waals surface area contributed by atoms with Gasteiger partial charge in [-0.1, -0.05) is 13.0 Å². The first-order chi connectivity index (χ1) is 7.13. The van der Waals surface area contributed by atoms with Gasteiger partial charge in [0.2, 0.25) is 0 Å². The first-order valence-electron chi connectivity index (χ1n) is 4.65.